The van der Waals surface area contributed by atoms with Crippen molar-refractivity contribution in [1.29, 1.82) is 0 Å². The van der Waals surface area contributed by atoms with Gasteiger partial charge < -0.3 is 14.2 Å². The van der Waals surface area contributed by atoms with Gasteiger partial charge in [-0.3, -0.25) is 0 Å². The smallest absolute Gasteiger partial charge is 0.403 e. The van der Waals surface area contributed by atoms with Gasteiger partial charge in [0.25, 0.3) is 0 Å². The molecule has 0 spiro atoms. The summed E-state index contributed by atoms with van der Waals surface area (Å²) in [6, 6.07) is 0. The lowest BCUT2D eigenvalue weighted by Gasteiger charge is -2.32. The molecule has 5 aliphatic rings. The van der Waals surface area contributed by atoms with Crippen molar-refractivity contribution in [3.05, 3.63) is 0 Å². The van der Waals surface area contributed by atoms with Crippen LogP contribution in [0.1, 0.15) is 60.3 Å². The number of hydrogen-bond donors (Lipinski definition) is 0. The van der Waals surface area contributed by atoms with Crippen LogP contribution in [0, 0.1) is 17.8 Å². The Morgan fingerprint density at radius 1 is 1.14 bits per heavy atom. The monoisotopic (exact) mass is 305 g/mol. The fourth-order valence-corrected chi connectivity index (χ4v) is 5.92. The van der Waals surface area contributed by atoms with Crippen LogP contribution in [0.4, 0.5) is 0 Å². The molecule has 0 aromatic heterocycles. The van der Waals surface area contributed by atoms with E-state index >= 15 is 0 Å². The Balaban J connectivity index is 1.50. The molecule has 4 aliphatic carbocycles. The van der Waals surface area contributed by atoms with Crippen molar-refractivity contribution in [2.45, 2.75) is 82.9 Å². The summed E-state index contributed by atoms with van der Waals surface area (Å²) in [4.78, 5) is 2.69. The Labute approximate surface area is 136 Å². The third-order valence-corrected chi connectivity index (χ3v) is 7.79. The summed E-state index contributed by atoms with van der Waals surface area (Å²) in [6.07, 6.45) is 5.41. The minimum absolute atomic E-state index is 0.0222. The molecule has 0 amide bonds. The van der Waals surface area contributed by atoms with E-state index in [1.807, 2.05) is 0 Å². The fourth-order valence-electron chi connectivity index (χ4n) is 5.92. The molecule has 4 bridgehead atoms. The van der Waals surface area contributed by atoms with Crippen molar-refractivity contribution in [2.24, 2.45) is 17.8 Å². The van der Waals surface area contributed by atoms with Gasteiger partial charge in [0.2, 0.25) is 0 Å². The van der Waals surface area contributed by atoms with E-state index in [4.69, 9.17) is 9.31 Å². The van der Waals surface area contributed by atoms with Crippen molar-refractivity contribution in [3.8, 4) is 0 Å². The Morgan fingerprint density at radius 3 is 2.32 bits per heavy atom. The van der Waals surface area contributed by atoms with E-state index in [0.29, 0.717) is 11.4 Å². The maximum atomic E-state index is 6.41. The SMILES string of the molecule is CCCCN(C)C12CC3CC1C2C3B1OC(C)(C)C(C)(C)O1. The first-order chi connectivity index (χ1) is 10.2. The molecule has 5 unspecified atom stereocenters. The van der Waals surface area contributed by atoms with Crippen LogP contribution in [-0.4, -0.2) is 42.4 Å². The summed E-state index contributed by atoms with van der Waals surface area (Å²) in [6.45, 7) is 12.3. The Kier molecular flexibility index (Phi) is 3.18. The molecule has 124 valence electrons. The zero-order chi connectivity index (χ0) is 15.9. The molecule has 1 heterocycles. The highest BCUT2D eigenvalue weighted by atomic mass is 16.7. The molecular formula is C18H32BNO2. The third-order valence-electron chi connectivity index (χ3n) is 7.79. The van der Waals surface area contributed by atoms with Gasteiger partial charge in [-0.1, -0.05) is 13.3 Å². The lowest BCUT2D eigenvalue weighted by atomic mass is 9.66. The zero-order valence-electron chi connectivity index (χ0n) is 15.2. The predicted octanol–water partition coefficient (Wildman–Crippen LogP) is 3.59. The molecular weight excluding hydrogens is 273 g/mol. The molecule has 22 heavy (non-hydrogen) atoms. The van der Waals surface area contributed by atoms with Crippen LogP contribution >= 0.6 is 0 Å². The minimum atomic E-state index is -0.184. The van der Waals surface area contributed by atoms with Gasteiger partial charge in [0.1, 0.15) is 0 Å². The van der Waals surface area contributed by atoms with Gasteiger partial charge in [-0.25, -0.2) is 0 Å². The number of rotatable bonds is 5. The van der Waals surface area contributed by atoms with E-state index in [1.165, 1.54) is 32.2 Å². The Morgan fingerprint density at radius 2 is 1.77 bits per heavy atom. The van der Waals surface area contributed by atoms with Gasteiger partial charge in [0, 0.05) is 11.4 Å². The van der Waals surface area contributed by atoms with Crippen molar-refractivity contribution >= 4 is 7.12 Å². The highest BCUT2D eigenvalue weighted by molar-refractivity contribution is 6.48. The minimum Gasteiger partial charge on any atom is -0.403 e. The summed E-state index contributed by atoms with van der Waals surface area (Å²) in [7, 11) is 2.38. The van der Waals surface area contributed by atoms with Gasteiger partial charge >= 0.3 is 7.12 Å². The number of unbranched alkanes of at least 4 members (excludes halogenated alkanes) is 1. The molecule has 1 saturated heterocycles. The second-order valence-electron chi connectivity index (χ2n) is 9.30. The Hall–Kier alpha value is -0.0551. The van der Waals surface area contributed by atoms with E-state index in [2.05, 4.69) is 46.6 Å². The second-order valence-corrected chi connectivity index (χ2v) is 9.30. The van der Waals surface area contributed by atoms with Gasteiger partial charge in [-0.05, 0) is 78.3 Å². The van der Waals surface area contributed by atoms with Crippen LogP contribution in [0.5, 0.6) is 0 Å². The van der Waals surface area contributed by atoms with Crippen LogP contribution in [0.2, 0.25) is 5.82 Å². The van der Waals surface area contributed by atoms with Crippen molar-refractivity contribution < 1.29 is 9.31 Å². The summed E-state index contributed by atoms with van der Waals surface area (Å²) in [5, 5.41) is 0. The van der Waals surface area contributed by atoms with E-state index in [1.54, 1.807) is 0 Å². The molecule has 3 nitrogen and oxygen atoms in total. The first kappa shape index (κ1) is 15.5. The second kappa shape index (κ2) is 4.52. The molecule has 4 heteroatoms. The van der Waals surface area contributed by atoms with Crippen molar-refractivity contribution in [1.82, 2.24) is 4.90 Å². The normalized spacial score (nSPS) is 46.8. The molecule has 5 fully saturated rings. The van der Waals surface area contributed by atoms with Gasteiger partial charge in [0.05, 0.1) is 11.2 Å². The molecule has 0 N–H and O–H groups in total. The summed E-state index contributed by atoms with van der Waals surface area (Å²) < 4.78 is 12.8. The van der Waals surface area contributed by atoms with Crippen molar-refractivity contribution in [3.63, 3.8) is 0 Å². The molecule has 4 saturated carbocycles. The summed E-state index contributed by atoms with van der Waals surface area (Å²) >= 11 is 0. The molecule has 0 aromatic rings. The quantitative estimate of drug-likeness (QED) is 0.725. The fraction of sp³-hybridized carbons (Fsp3) is 1.00. The summed E-state index contributed by atoms with van der Waals surface area (Å²) in [5.41, 5.74) is 0.140. The lowest BCUT2D eigenvalue weighted by molar-refractivity contribution is 0.00578. The van der Waals surface area contributed by atoms with E-state index in [0.717, 1.165) is 17.8 Å². The number of hydrogen-bond acceptors (Lipinski definition) is 3. The lowest BCUT2D eigenvalue weighted by Crippen LogP contribution is -2.41. The van der Waals surface area contributed by atoms with Crippen molar-refractivity contribution in [2.75, 3.05) is 13.6 Å². The maximum absolute atomic E-state index is 6.41. The number of nitrogens with zero attached hydrogens (tertiary/aromatic N) is 1. The predicted molar refractivity (Wildman–Crippen MR) is 89.8 cm³/mol. The largest absolute Gasteiger partial charge is 0.461 e. The van der Waals surface area contributed by atoms with Gasteiger partial charge in [-0.15, -0.1) is 0 Å². The average Bonchev–Trinajstić information content (AvgIpc) is 2.86. The van der Waals surface area contributed by atoms with Crippen LogP contribution in [0.25, 0.3) is 0 Å². The summed E-state index contributed by atoms with van der Waals surface area (Å²) in [5.74, 6) is 3.21. The first-order valence-electron chi connectivity index (χ1n) is 9.31. The van der Waals surface area contributed by atoms with Gasteiger partial charge in [0.15, 0.2) is 0 Å². The topological polar surface area (TPSA) is 21.7 Å². The third kappa shape index (κ3) is 1.75. The zero-order valence-corrected chi connectivity index (χ0v) is 15.2. The van der Waals surface area contributed by atoms with E-state index < -0.39 is 0 Å². The highest BCUT2D eigenvalue weighted by Gasteiger charge is 2.82. The first-order valence-corrected chi connectivity index (χ1v) is 9.31. The molecule has 0 aromatic carbocycles. The van der Waals surface area contributed by atoms with E-state index in [-0.39, 0.29) is 18.3 Å². The molecule has 5 rings (SSSR count). The molecule has 0 radical (unpaired) electrons. The maximum Gasteiger partial charge on any atom is 0.461 e. The van der Waals surface area contributed by atoms with E-state index in [9.17, 15) is 0 Å². The van der Waals surface area contributed by atoms with Crippen LogP contribution < -0.4 is 0 Å². The van der Waals surface area contributed by atoms with Gasteiger partial charge in [-0.2, -0.15) is 0 Å². The Bertz CT molecular complexity index is 464. The molecule has 1 aliphatic heterocycles. The molecule has 5 atom stereocenters. The average molecular weight is 305 g/mol. The highest BCUT2D eigenvalue weighted by Crippen LogP contribution is 2.81. The van der Waals surface area contributed by atoms with Crippen LogP contribution in [-0.2, 0) is 9.31 Å². The van der Waals surface area contributed by atoms with Crippen LogP contribution in [0.3, 0.4) is 0 Å². The standard InChI is InChI=1S/C18H32BNO2/c1-7-8-9-20(6)18-11-12-10-13(18)14(18)15(12)19-21-16(2,3)17(4,5)22-19/h12-15H,7-11H2,1-6H3. The van der Waals surface area contributed by atoms with Crippen LogP contribution in [0.15, 0.2) is 0 Å².